The maximum atomic E-state index is 12.8. The van der Waals surface area contributed by atoms with Gasteiger partial charge >= 0.3 is 5.63 Å². The minimum atomic E-state index is -0.521. The molecule has 1 N–H and O–H groups in total. The lowest BCUT2D eigenvalue weighted by atomic mass is 10.0. The van der Waals surface area contributed by atoms with Crippen molar-refractivity contribution in [3.8, 4) is 11.1 Å². The van der Waals surface area contributed by atoms with Gasteiger partial charge in [-0.3, -0.25) is 10.1 Å². The summed E-state index contributed by atoms with van der Waals surface area (Å²) >= 11 is 0. The first-order valence-corrected chi connectivity index (χ1v) is 8.76. The summed E-state index contributed by atoms with van der Waals surface area (Å²) in [5.41, 5.74) is 1.13. The fourth-order valence-electron chi connectivity index (χ4n) is 3.16. The standard InChI is InChI=1S/C21H18N2O5/c1-21(2,3)22-19-16(12-8-10-13(11-9-12)23(25)26)17-18(28-19)14-6-4-5-7-15(14)27-20(17)24/h4-11,22H,1-3H3. The van der Waals surface area contributed by atoms with Gasteiger partial charge in [0, 0.05) is 17.7 Å². The highest BCUT2D eigenvalue weighted by atomic mass is 16.6. The molecule has 0 spiro atoms. The van der Waals surface area contributed by atoms with Crippen LogP contribution in [-0.4, -0.2) is 10.5 Å². The van der Waals surface area contributed by atoms with Crippen LogP contribution in [0.15, 0.2) is 62.2 Å². The maximum Gasteiger partial charge on any atom is 0.348 e. The second kappa shape index (κ2) is 6.23. The lowest BCUT2D eigenvalue weighted by Crippen LogP contribution is -2.26. The van der Waals surface area contributed by atoms with Crippen molar-refractivity contribution >= 4 is 33.5 Å². The lowest BCUT2D eigenvalue weighted by Gasteiger charge is -2.20. The van der Waals surface area contributed by atoms with E-state index in [9.17, 15) is 14.9 Å². The first-order valence-electron chi connectivity index (χ1n) is 8.76. The number of benzene rings is 2. The van der Waals surface area contributed by atoms with Crippen LogP contribution in [0.4, 0.5) is 11.6 Å². The van der Waals surface area contributed by atoms with Crippen molar-refractivity contribution < 1.29 is 13.8 Å². The molecule has 0 saturated heterocycles. The van der Waals surface area contributed by atoms with Gasteiger partial charge in [0.1, 0.15) is 11.0 Å². The smallest absolute Gasteiger partial charge is 0.348 e. The number of furan rings is 1. The number of nitrogens with zero attached hydrogens (tertiary/aromatic N) is 1. The van der Waals surface area contributed by atoms with Gasteiger partial charge in [0.2, 0.25) is 5.88 Å². The van der Waals surface area contributed by atoms with Gasteiger partial charge in [-0.15, -0.1) is 0 Å². The number of rotatable bonds is 3. The van der Waals surface area contributed by atoms with Gasteiger partial charge in [-0.1, -0.05) is 12.1 Å². The van der Waals surface area contributed by atoms with Crippen LogP contribution in [0.2, 0.25) is 0 Å². The number of nitro groups is 1. The van der Waals surface area contributed by atoms with Gasteiger partial charge < -0.3 is 14.2 Å². The van der Waals surface area contributed by atoms with Crippen LogP contribution in [0.25, 0.3) is 33.1 Å². The Morgan fingerprint density at radius 3 is 2.32 bits per heavy atom. The van der Waals surface area contributed by atoms with E-state index < -0.39 is 10.5 Å². The van der Waals surface area contributed by atoms with Crippen molar-refractivity contribution in [1.29, 1.82) is 0 Å². The van der Waals surface area contributed by atoms with E-state index in [2.05, 4.69) is 5.32 Å². The first-order chi connectivity index (χ1) is 13.2. The number of para-hydroxylation sites is 1. The third kappa shape index (κ3) is 3.00. The Bertz CT molecular complexity index is 1260. The van der Waals surface area contributed by atoms with E-state index in [0.717, 1.165) is 0 Å². The summed E-state index contributed by atoms with van der Waals surface area (Å²) in [5.74, 6) is 0.417. The summed E-state index contributed by atoms with van der Waals surface area (Å²) in [6.45, 7) is 5.92. The Balaban J connectivity index is 2.07. The molecule has 2 heterocycles. The summed E-state index contributed by atoms with van der Waals surface area (Å²) in [4.78, 5) is 23.3. The van der Waals surface area contributed by atoms with Crippen molar-refractivity contribution in [2.24, 2.45) is 0 Å². The summed E-state index contributed by atoms with van der Waals surface area (Å²) in [5, 5.41) is 15.2. The molecule has 28 heavy (non-hydrogen) atoms. The third-order valence-electron chi connectivity index (χ3n) is 4.30. The normalized spacial score (nSPS) is 11.8. The Morgan fingerprint density at radius 1 is 1.00 bits per heavy atom. The molecular formula is C21H18N2O5. The number of anilines is 1. The molecule has 2 aromatic heterocycles. The molecular weight excluding hydrogens is 360 g/mol. The minimum Gasteiger partial charge on any atom is -0.439 e. The van der Waals surface area contributed by atoms with Crippen LogP contribution >= 0.6 is 0 Å². The molecule has 0 aliphatic rings. The molecule has 0 unspecified atom stereocenters. The lowest BCUT2D eigenvalue weighted by molar-refractivity contribution is -0.384. The highest BCUT2D eigenvalue weighted by Crippen LogP contribution is 2.41. The number of hydrogen-bond donors (Lipinski definition) is 1. The first kappa shape index (κ1) is 17.8. The van der Waals surface area contributed by atoms with Crippen LogP contribution in [0.5, 0.6) is 0 Å². The van der Waals surface area contributed by atoms with Crippen LogP contribution in [0.3, 0.4) is 0 Å². The average Bonchev–Trinajstić information content (AvgIpc) is 3.00. The minimum absolute atomic E-state index is 0.0284. The van der Waals surface area contributed by atoms with Crippen molar-refractivity contribution in [1.82, 2.24) is 0 Å². The predicted molar refractivity (Wildman–Crippen MR) is 108 cm³/mol. The Labute approximate surface area is 159 Å². The van der Waals surface area contributed by atoms with Gasteiger partial charge in [0.15, 0.2) is 5.58 Å². The van der Waals surface area contributed by atoms with Crippen molar-refractivity contribution in [2.45, 2.75) is 26.3 Å². The Morgan fingerprint density at radius 2 is 1.68 bits per heavy atom. The zero-order chi connectivity index (χ0) is 20.1. The van der Waals surface area contributed by atoms with Gasteiger partial charge in [0.05, 0.1) is 15.9 Å². The Hall–Kier alpha value is -3.61. The molecule has 4 aromatic rings. The van der Waals surface area contributed by atoms with Crippen molar-refractivity contribution in [3.05, 3.63) is 69.1 Å². The fraction of sp³-hybridized carbons (Fsp3) is 0.190. The maximum absolute atomic E-state index is 12.8. The van der Waals surface area contributed by atoms with Crippen LogP contribution in [-0.2, 0) is 0 Å². The van der Waals surface area contributed by atoms with Gasteiger partial charge in [-0.05, 0) is 50.6 Å². The van der Waals surface area contributed by atoms with E-state index in [1.54, 1.807) is 24.3 Å². The summed E-state index contributed by atoms with van der Waals surface area (Å²) in [6, 6.07) is 13.2. The molecule has 0 radical (unpaired) electrons. The molecule has 0 atom stereocenters. The quantitative estimate of drug-likeness (QED) is 0.294. The van der Waals surface area contributed by atoms with E-state index >= 15 is 0 Å². The number of non-ortho nitro benzene ring substituents is 1. The van der Waals surface area contributed by atoms with Gasteiger partial charge in [-0.2, -0.15) is 0 Å². The SMILES string of the molecule is CC(C)(C)Nc1oc2c(c1-c1ccc([N+](=O)[O-])cc1)c(=O)oc1ccccc12. The van der Waals surface area contributed by atoms with Crippen LogP contribution < -0.4 is 10.9 Å². The van der Waals surface area contributed by atoms with E-state index in [4.69, 9.17) is 8.83 Å². The number of fused-ring (bicyclic) bond motifs is 3. The van der Waals surface area contributed by atoms with Crippen LogP contribution in [0, 0.1) is 10.1 Å². The largest absolute Gasteiger partial charge is 0.439 e. The van der Waals surface area contributed by atoms with E-state index in [1.807, 2.05) is 32.9 Å². The van der Waals surface area contributed by atoms with Gasteiger partial charge in [-0.25, -0.2) is 4.79 Å². The second-order valence-electron chi connectivity index (χ2n) is 7.57. The summed E-state index contributed by atoms with van der Waals surface area (Å²) < 4.78 is 11.6. The second-order valence-corrected chi connectivity index (χ2v) is 7.57. The number of nitro benzene ring substituents is 1. The average molecular weight is 378 g/mol. The molecule has 7 heteroatoms. The number of nitrogens with one attached hydrogen (secondary N) is 1. The van der Waals surface area contributed by atoms with Crippen molar-refractivity contribution in [3.63, 3.8) is 0 Å². The highest BCUT2D eigenvalue weighted by Gasteiger charge is 2.25. The van der Waals surface area contributed by atoms with Crippen LogP contribution in [0.1, 0.15) is 20.8 Å². The zero-order valence-electron chi connectivity index (χ0n) is 15.6. The van der Waals surface area contributed by atoms with Crippen molar-refractivity contribution in [2.75, 3.05) is 5.32 Å². The molecule has 0 bridgehead atoms. The number of hydrogen-bond acceptors (Lipinski definition) is 6. The third-order valence-corrected chi connectivity index (χ3v) is 4.30. The Kier molecular flexibility index (Phi) is 3.96. The molecule has 4 rings (SSSR count). The molecule has 0 aliphatic heterocycles. The molecule has 7 nitrogen and oxygen atoms in total. The molecule has 0 saturated carbocycles. The zero-order valence-corrected chi connectivity index (χ0v) is 15.6. The fourth-order valence-corrected chi connectivity index (χ4v) is 3.16. The summed E-state index contributed by atoms with van der Waals surface area (Å²) in [6.07, 6.45) is 0. The molecule has 0 fully saturated rings. The van der Waals surface area contributed by atoms with Gasteiger partial charge in [0.25, 0.3) is 5.69 Å². The molecule has 0 aliphatic carbocycles. The monoisotopic (exact) mass is 378 g/mol. The molecule has 0 amide bonds. The highest BCUT2D eigenvalue weighted by molar-refractivity contribution is 6.09. The van der Waals surface area contributed by atoms with E-state index in [0.29, 0.717) is 38.9 Å². The van der Waals surface area contributed by atoms with E-state index in [-0.39, 0.29) is 11.2 Å². The van der Waals surface area contributed by atoms with E-state index in [1.165, 1.54) is 12.1 Å². The molecule has 2 aromatic carbocycles. The topological polar surface area (TPSA) is 98.5 Å². The molecule has 142 valence electrons. The summed E-state index contributed by atoms with van der Waals surface area (Å²) in [7, 11) is 0. The predicted octanol–water partition coefficient (Wildman–Crippen LogP) is 5.32.